The van der Waals surface area contributed by atoms with E-state index in [-0.39, 0.29) is 36.3 Å². The molecule has 112 valence electrons. The van der Waals surface area contributed by atoms with Crippen LogP contribution in [0.15, 0.2) is 30.3 Å². The highest BCUT2D eigenvalue weighted by molar-refractivity contribution is 5.85. The van der Waals surface area contributed by atoms with E-state index in [1.54, 1.807) is 0 Å². The van der Waals surface area contributed by atoms with Crippen molar-refractivity contribution in [1.82, 2.24) is 4.90 Å². The van der Waals surface area contributed by atoms with Crippen molar-refractivity contribution in [2.45, 2.75) is 51.7 Å². The monoisotopic (exact) mass is 296 g/mol. The minimum atomic E-state index is 0. The molecule has 1 fully saturated rings. The van der Waals surface area contributed by atoms with Crippen LogP contribution in [0.25, 0.3) is 0 Å². The van der Waals surface area contributed by atoms with E-state index in [0.29, 0.717) is 6.54 Å². The molecule has 2 N–H and O–H groups in total. The summed E-state index contributed by atoms with van der Waals surface area (Å²) < 4.78 is 0. The molecule has 4 heteroatoms. The minimum Gasteiger partial charge on any atom is -0.336 e. The Hall–Kier alpha value is -1.06. The van der Waals surface area contributed by atoms with Gasteiger partial charge < -0.3 is 10.6 Å². The van der Waals surface area contributed by atoms with Crippen LogP contribution in [0.5, 0.6) is 0 Å². The molecule has 0 heterocycles. The van der Waals surface area contributed by atoms with Gasteiger partial charge in [-0.25, -0.2) is 0 Å². The number of nitrogens with two attached hydrogens (primary N) is 1. The second-order valence-electron chi connectivity index (χ2n) is 5.82. The van der Waals surface area contributed by atoms with Gasteiger partial charge in [-0.05, 0) is 38.7 Å². The van der Waals surface area contributed by atoms with Gasteiger partial charge in [-0.3, -0.25) is 4.79 Å². The third-order valence-corrected chi connectivity index (χ3v) is 3.92. The highest BCUT2D eigenvalue weighted by Crippen LogP contribution is 2.27. The molecule has 0 saturated heterocycles. The van der Waals surface area contributed by atoms with Crippen molar-refractivity contribution < 1.29 is 4.79 Å². The van der Waals surface area contributed by atoms with Crippen LogP contribution in [-0.2, 0) is 11.3 Å². The highest BCUT2D eigenvalue weighted by Gasteiger charge is 2.31. The summed E-state index contributed by atoms with van der Waals surface area (Å²) in [6, 6.07) is 10.6. The van der Waals surface area contributed by atoms with E-state index in [1.807, 2.05) is 23.1 Å². The molecule has 2 unspecified atom stereocenters. The summed E-state index contributed by atoms with van der Waals surface area (Å²) in [4.78, 5) is 14.6. The molecule has 3 nitrogen and oxygen atoms in total. The van der Waals surface area contributed by atoms with Crippen molar-refractivity contribution in [2.75, 3.05) is 0 Å². The first kappa shape index (κ1) is 17.0. The third kappa shape index (κ3) is 4.22. The van der Waals surface area contributed by atoms with E-state index < -0.39 is 0 Å². The average Bonchev–Trinajstić information content (AvgIpc) is 2.83. The Kier molecular flexibility index (Phi) is 6.50. The number of benzene rings is 1. The summed E-state index contributed by atoms with van der Waals surface area (Å²) in [6.07, 6.45) is 2.77. The first-order chi connectivity index (χ1) is 9.08. The van der Waals surface area contributed by atoms with Crippen LogP contribution in [0, 0.1) is 5.92 Å². The first-order valence-corrected chi connectivity index (χ1v) is 7.18. The van der Waals surface area contributed by atoms with Gasteiger partial charge in [0.2, 0.25) is 5.91 Å². The summed E-state index contributed by atoms with van der Waals surface area (Å²) in [6.45, 7) is 4.86. The number of hydrogen-bond donors (Lipinski definition) is 1. The molecule has 0 spiro atoms. The lowest BCUT2D eigenvalue weighted by Gasteiger charge is -2.29. The van der Waals surface area contributed by atoms with Gasteiger partial charge in [0.1, 0.15) is 0 Å². The van der Waals surface area contributed by atoms with Crippen molar-refractivity contribution in [3.05, 3.63) is 35.9 Å². The quantitative estimate of drug-likeness (QED) is 0.928. The Balaban J connectivity index is 0.00000200. The molecule has 0 aromatic heterocycles. The summed E-state index contributed by atoms with van der Waals surface area (Å²) in [5, 5.41) is 0. The second kappa shape index (κ2) is 7.65. The SMILES string of the molecule is CC(C)N(Cc1ccccc1)C(=O)C1CCC(N)C1.Cl. The van der Waals surface area contributed by atoms with Crippen molar-refractivity contribution in [3.8, 4) is 0 Å². The number of carbonyl (C=O) groups excluding carboxylic acids is 1. The molecular formula is C16H25ClN2O. The number of carbonyl (C=O) groups is 1. The van der Waals surface area contributed by atoms with E-state index in [1.165, 1.54) is 5.56 Å². The molecule has 20 heavy (non-hydrogen) atoms. The predicted octanol–water partition coefficient (Wildman–Crippen LogP) is 2.97. The lowest BCUT2D eigenvalue weighted by atomic mass is 10.0. The average molecular weight is 297 g/mol. The maximum absolute atomic E-state index is 12.6. The van der Waals surface area contributed by atoms with Crippen LogP contribution < -0.4 is 5.73 Å². The topological polar surface area (TPSA) is 46.3 Å². The number of halogens is 1. The van der Waals surface area contributed by atoms with E-state index in [9.17, 15) is 4.79 Å². The zero-order chi connectivity index (χ0) is 13.8. The van der Waals surface area contributed by atoms with E-state index in [0.717, 1.165) is 19.3 Å². The lowest BCUT2D eigenvalue weighted by Crippen LogP contribution is -2.40. The summed E-state index contributed by atoms with van der Waals surface area (Å²) >= 11 is 0. The smallest absolute Gasteiger partial charge is 0.226 e. The largest absolute Gasteiger partial charge is 0.336 e. The normalized spacial score (nSPS) is 21.6. The van der Waals surface area contributed by atoms with Crippen molar-refractivity contribution >= 4 is 18.3 Å². The Labute approximate surface area is 127 Å². The molecule has 1 amide bonds. The van der Waals surface area contributed by atoms with Gasteiger partial charge in [-0.1, -0.05) is 30.3 Å². The highest BCUT2D eigenvalue weighted by atomic mass is 35.5. The Bertz CT molecular complexity index is 422. The van der Waals surface area contributed by atoms with Gasteiger partial charge in [-0.2, -0.15) is 0 Å². The van der Waals surface area contributed by atoms with Gasteiger partial charge in [-0.15, -0.1) is 12.4 Å². The number of amides is 1. The van der Waals surface area contributed by atoms with E-state index >= 15 is 0 Å². The van der Waals surface area contributed by atoms with Crippen molar-refractivity contribution in [1.29, 1.82) is 0 Å². The molecule has 0 bridgehead atoms. The van der Waals surface area contributed by atoms with E-state index in [2.05, 4.69) is 26.0 Å². The van der Waals surface area contributed by atoms with Crippen LogP contribution in [0.4, 0.5) is 0 Å². The molecule has 1 aromatic rings. The maximum Gasteiger partial charge on any atom is 0.226 e. The Morgan fingerprint density at radius 1 is 1.30 bits per heavy atom. The Morgan fingerprint density at radius 2 is 1.95 bits per heavy atom. The van der Waals surface area contributed by atoms with Crippen molar-refractivity contribution in [2.24, 2.45) is 11.7 Å². The van der Waals surface area contributed by atoms with Gasteiger partial charge in [0.05, 0.1) is 0 Å². The molecular weight excluding hydrogens is 272 g/mol. The van der Waals surface area contributed by atoms with Gasteiger partial charge in [0.25, 0.3) is 0 Å². The molecule has 2 rings (SSSR count). The zero-order valence-electron chi connectivity index (χ0n) is 12.3. The van der Waals surface area contributed by atoms with Crippen LogP contribution in [0.3, 0.4) is 0 Å². The standard InChI is InChI=1S/C16H24N2O.ClH/c1-12(2)18(11-13-6-4-3-5-7-13)16(19)14-8-9-15(17)10-14;/h3-7,12,14-15H,8-11,17H2,1-2H3;1H. The van der Waals surface area contributed by atoms with Crippen LogP contribution in [0.1, 0.15) is 38.7 Å². The number of rotatable bonds is 4. The van der Waals surface area contributed by atoms with Crippen LogP contribution in [0.2, 0.25) is 0 Å². The number of nitrogens with zero attached hydrogens (tertiary/aromatic N) is 1. The third-order valence-electron chi connectivity index (χ3n) is 3.92. The number of hydrogen-bond acceptors (Lipinski definition) is 2. The summed E-state index contributed by atoms with van der Waals surface area (Å²) in [7, 11) is 0. The molecule has 2 atom stereocenters. The summed E-state index contributed by atoms with van der Waals surface area (Å²) in [5.74, 6) is 0.396. The molecule has 0 aliphatic heterocycles. The minimum absolute atomic E-state index is 0. The van der Waals surface area contributed by atoms with Crippen LogP contribution >= 0.6 is 12.4 Å². The molecule has 1 saturated carbocycles. The van der Waals surface area contributed by atoms with Gasteiger partial charge in [0, 0.05) is 24.5 Å². The molecule has 0 radical (unpaired) electrons. The molecule has 1 aliphatic carbocycles. The van der Waals surface area contributed by atoms with Gasteiger partial charge in [0.15, 0.2) is 0 Å². The van der Waals surface area contributed by atoms with Crippen molar-refractivity contribution in [3.63, 3.8) is 0 Å². The fourth-order valence-corrected chi connectivity index (χ4v) is 2.77. The summed E-state index contributed by atoms with van der Waals surface area (Å²) in [5.41, 5.74) is 7.11. The molecule has 1 aromatic carbocycles. The first-order valence-electron chi connectivity index (χ1n) is 7.18. The van der Waals surface area contributed by atoms with Crippen LogP contribution in [-0.4, -0.2) is 22.9 Å². The van der Waals surface area contributed by atoms with Gasteiger partial charge >= 0.3 is 0 Å². The fraction of sp³-hybridized carbons (Fsp3) is 0.562. The second-order valence-corrected chi connectivity index (χ2v) is 5.82. The fourth-order valence-electron chi connectivity index (χ4n) is 2.77. The predicted molar refractivity (Wildman–Crippen MR) is 84.7 cm³/mol. The van der Waals surface area contributed by atoms with E-state index in [4.69, 9.17) is 5.73 Å². The Morgan fingerprint density at radius 3 is 2.45 bits per heavy atom. The maximum atomic E-state index is 12.6. The zero-order valence-corrected chi connectivity index (χ0v) is 13.1. The lowest BCUT2D eigenvalue weighted by molar-refractivity contribution is -0.137. The molecule has 1 aliphatic rings.